The van der Waals surface area contributed by atoms with Crippen molar-refractivity contribution < 1.29 is 9.53 Å². The van der Waals surface area contributed by atoms with Crippen LogP contribution in [-0.2, 0) is 13.0 Å². The van der Waals surface area contributed by atoms with Gasteiger partial charge in [0, 0.05) is 12.6 Å². The zero-order valence-corrected chi connectivity index (χ0v) is 14.3. The second kappa shape index (κ2) is 7.17. The minimum atomic E-state index is -0.200. The number of anilines is 1. The van der Waals surface area contributed by atoms with E-state index < -0.39 is 0 Å². The van der Waals surface area contributed by atoms with Gasteiger partial charge >= 0.3 is 6.03 Å². The molecule has 6 heteroatoms. The number of benzene rings is 1. The highest BCUT2D eigenvalue weighted by atomic mass is 16.5. The summed E-state index contributed by atoms with van der Waals surface area (Å²) in [6, 6.07) is 8.19. The number of nitrogens with zero attached hydrogens (tertiary/aromatic N) is 2. The molecule has 0 atom stereocenters. The molecule has 0 unspecified atom stereocenters. The van der Waals surface area contributed by atoms with Gasteiger partial charge in [0.15, 0.2) is 0 Å². The van der Waals surface area contributed by atoms with E-state index in [4.69, 9.17) is 4.74 Å². The first kappa shape index (κ1) is 16.0. The minimum Gasteiger partial charge on any atom is -0.493 e. The van der Waals surface area contributed by atoms with E-state index in [1.165, 1.54) is 18.4 Å². The molecule has 2 heterocycles. The normalized spacial score (nSPS) is 17.0. The summed E-state index contributed by atoms with van der Waals surface area (Å²) in [4.78, 5) is 12.3. The lowest BCUT2D eigenvalue weighted by Crippen LogP contribution is -2.29. The standard InChI is InChI=1S/C19H24N4O2/c24-19(22-18-9-10-21-23(18)16-5-1-2-6-16)20-13-14-7-8-17-15(12-14)4-3-11-25-17/h7-10,12,16H,1-6,11,13H2,(H2,20,22,24). The zero-order chi connectivity index (χ0) is 17.1. The third-order valence-electron chi connectivity index (χ3n) is 5.01. The Morgan fingerprint density at radius 3 is 3.00 bits per heavy atom. The molecule has 2 amide bonds. The first-order valence-electron chi connectivity index (χ1n) is 9.12. The van der Waals surface area contributed by atoms with Gasteiger partial charge in [-0.15, -0.1) is 0 Å². The summed E-state index contributed by atoms with van der Waals surface area (Å²) in [5.74, 6) is 1.74. The van der Waals surface area contributed by atoms with Crippen molar-refractivity contribution in [3.63, 3.8) is 0 Å². The molecule has 2 aliphatic rings. The number of ether oxygens (including phenoxy) is 1. The van der Waals surface area contributed by atoms with Crippen molar-refractivity contribution in [2.24, 2.45) is 0 Å². The molecule has 1 saturated carbocycles. The van der Waals surface area contributed by atoms with Gasteiger partial charge in [-0.2, -0.15) is 5.10 Å². The van der Waals surface area contributed by atoms with Crippen LogP contribution < -0.4 is 15.4 Å². The van der Waals surface area contributed by atoms with Crippen molar-refractivity contribution in [1.82, 2.24) is 15.1 Å². The molecule has 2 aromatic rings. The second-order valence-electron chi connectivity index (χ2n) is 6.80. The predicted octanol–water partition coefficient (Wildman–Crippen LogP) is 3.64. The van der Waals surface area contributed by atoms with Crippen LogP contribution in [0.5, 0.6) is 5.75 Å². The Morgan fingerprint density at radius 1 is 1.24 bits per heavy atom. The van der Waals surface area contributed by atoms with Crippen molar-refractivity contribution in [3.05, 3.63) is 41.6 Å². The third-order valence-corrected chi connectivity index (χ3v) is 5.01. The molecule has 25 heavy (non-hydrogen) atoms. The summed E-state index contributed by atoms with van der Waals surface area (Å²) in [6.45, 7) is 1.29. The summed E-state index contributed by atoms with van der Waals surface area (Å²) < 4.78 is 7.57. The minimum absolute atomic E-state index is 0.200. The maximum Gasteiger partial charge on any atom is 0.320 e. The Hall–Kier alpha value is -2.50. The smallest absolute Gasteiger partial charge is 0.320 e. The Balaban J connectivity index is 1.34. The van der Waals surface area contributed by atoms with Gasteiger partial charge in [-0.05, 0) is 42.9 Å². The van der Waals surface area contributed by atoms with E-state index in [2.05, 4.69) is 21.8 Å². The fourth-order valence-electron chi connectivity index (χ4n) is 3.72. The first-order valence-corrected chi connectivity index (χ1v) is 9.12. The lowest BCUT2D eigenvalue weighted by molar-refractivity contribution is 0.251. The van der Waals surface area contributed by atoms with E-state index >= 15 is 0 Å². The van der Waals surface area contributed by atoms with Crippen molar-refractivity contribution >= 4 is 11.8 Å². The third kappa shape index (κ3) is 3.62. The number of urea groups is 1. The summed E-state index contributed by atoms with van der Waals surface area (Å²) in [5, 5.41) is 10.2. The monoisotopic (exact) mass is 340 g/mol. The van der Waals surface area contributed by atoms with E-state index in [1.54, 1.807) is 6.20 Å². The number of amides is 2. The topological polar surface area (TPSA) is 68.2 Å². The van der Waals surface area contributed by atoms with Crippen LogP contribution in [0.2, 0.25) is 0 Å². The maximum absolute atomic E-state index is 12.3. The van der Waals surface area contributed by atoms with Gasteiger partial charge in [0.2, 0.25) is 0 Å². The molecular formula is C19H24N4O2. The number of nitrogens with one attached hydrogen (secondary N) is 2. The molecule has 0 bridgehead atoms. The lowest BCUT2D eigenvalue weighted by Gasteiger charge is -2.18. The van der Waals surface area contributed by atoms with Crippen LogP contribution in [0.4, 0.5) is 10.6 Å². The van der Waals surface area contributed by atoms with Gasteiger partial charge in [0.25, 0.3) is 0 Å². The van der Waals surface area contributed by atoms with Crippen LogP contribution in [0.25, 0.3) is 0 Å². The highest BCUT2D eigenvalue weighted by Gasteiger charge is 2.20. The largest absolute Gasteiger partial charge is 0.493 e. The fourth-order valence-corrected chi connectivity index (χ4v) is 3.72. The number of hydrogen-bond acceptors (Lipinski definition) is 3. The summed E-state index contributed by atoms with van der Waals surface area (Å²) in [5.41, 5.74) is 2.31. The Labute approximate surface area is 147 Å². The van der Waals surface area contributed by atoms with Crippen molar-refractivity contribution in [1.29, 1.82) is 0 Å². The van der Waals surface area contributed by atoms with E-state index in [-0.39, 0.29) is 6.03 Å². The van der Waals surface area contributed by atoms with Crippen LogP contribution in [0, 0.1) is 0 Å². The van der Waals surface area contributed by atoms with E-state index in [9.17, 15) is 4.79 Å². The lowest BCUT2D eigenvalue weighted by atomic mass is 10.0. The van der Waals surface area contributed by atoms with Gasteiger partial charge < -0.3 is 10.1 Å². The second-order valence-corrected chi connectivity index (χ2v) is 6.80. The van der Waals surface area contributed by atoms with Crippen LogP contribution in [0.1, 0.15) is 49.3 Å². The number of aryl methyl sites for hydroxylation is 1. The van der Waals surface area contributed by atoms with Gasteiger partial charge in [-0.3, -0.25) is 5.32 Å². The van der Waals surface area contributed by atoms with Gasteiger partial charge in [0.05, 0.1) is 18.8 Å². The number of rotatable bonds is 4. The zero-order valence-electron chi connectivity index (χ0n) is 14.3. The number of aromatic nitrogens is 2. The highest BCUT2D eigenvalue weighted by molar-refractivity contribution is 5.88. The summed E-state index contributed by atoms with van der Waals surface area (Å²) >= 11 is 0. The number of carbonyl (C=O) groups is 1. The molecular weight excluding hydrogens is 316 g/mol. The molecule has 1 aromatic heterocycles. The Morgan fingerprint density at radius 2 is 2.12 bits per heavy atom. The first-order chi connectivity index (χ1) is 12.3. The SMILES string of the molecule is O=C(NCc1ccc2c(c1)CCCO2)Nc1ccnn1C1CCCC1. The quantitative estimate of drug-likeness (QED) is 0.893. The fraction of sp³-hybridized carbons (Fsp3) is 0.474. The molecule has 132 valence electrons. The molecule has 1 aromatic carbocycles. The van der Waals surface area contributed by atoms with Crippen LogP contribution in [-0.4, -0.2) is 22.4 Å². The van der Waals surface area contributed by atoms with E-state index in [1.807, 2.05) is 22.9 Å². The molecule has 0 spiro atoms. The van der Waals surface area contributed by atoms with Crippen molar-refractivity contribution in [3.8, 4) is 5.75 Å². The molecule has 1 aliphatic carbocycles. The molecule has 4 rings (SSSR count). The summed E-state index contributed by atoms with van der Waals surface area (Å²) in [6.07, 6.45) is 8.57. The number of fused-ring (bicyclic) bond motifs is 1. The Bertz CT molecular complexity index is 750. The van der Waals surface area contributed by atoms with E-state index in [0.717, 1.165) is 49.4 Å². The van der Waals surface area contributed by atoms with Gasteiger partial charge in [-0.25, -0.2) is 9.48 Å². The van der Waals surface area contributed by atoms with Crippen LogP contribution >= 0.6 is 0 Å². The van der Waals surface area contributed by atoms with Gasteiger partial charge in [-0.1, -0.05) is 25.0 Å². The van der Waals surface area contributed by atoms with Crippen molar-refractivity contribution in [2.45, 2.75) is 51.1 Å². The number of hydrogen-bond donors (Lipinski definition) is 2. The summed E-state index contributed by atoms with van der Waals surface area (Å²) in [7, 11) is 0. The van der Waals surface area contributed by atoms with Crippen LogP contribution in [0.15, 0.2) is 30.5 Å². The highest BCUT2D eigenvalue weighted by Crippen LogP contribution is 2.31. The molecule has 0 radical (unpaired) electrons. The van der Waals surface area contributed by atoms with Crippen molar-refractivity contribution in [2.75, 3.05) is 11.9 Å². The maximum atomic E-state index is 12.3. The molecule has 2 N–H and O–H groups in total. The number of carbonyl (C=O) groups excluding carboxylic acids is 1. The van der Waals surface area contributed by atoms with E-state index in [0.29, 0.717) is 12.6 Å². The molecule has 6 nitrogen and oxygen atoms in total. The average molecular weight is 340 g/mol. The Kier molecular flexibility index (Phi) is 4.59. The molecule has 1 aliphatic heterocycles. The predicted molar refractivity (Wildman–Crippen MR) is 95.8 cm³/mol. The molecule has 1 fully saturated rings. The molecule has 0 saturated heterocycles. The van der Waals surface area contributed by atoms with Gasteiger partial charge in [0.1, 0.15) is 11.6 Å². The van der Waals surface area contributed by atoms with Crippen LogP contribution in [0.3, 0.4) is 0 Å². The average Bonchev–Trinajstić information content (AvgIpc) is 3.31.